The van der Waals surface area contributed by atoms with Crippen molar-refractivity contribution in [2.75, 3.05) is 0 Å². The molecule has 0 bridgehead atoms. The number of halogens is 4. The molecule has 112 valence electrons. The first-order valence-corrected chi connectivity index (χ1v) is 5.71. The van der Waals surface area contributed by atoms with Crippen molar-refractivity contribution in [3.8, 4) is 0 Å². The van der Waals surface area contributed by atoms with Gasteiger partial charge in [0.2, 0.25) is 0 Å². The summed E-state index contributed by atoms with van der Waals surface area (Å²) in [5, 5.41) is 11.0. The van der Waals surface area contributed by atoms with Crippen LogP contribution in [-0.2, 0) is 26.7 Å². The third kappa shape index (κ3) is 4.86. The average Bonchev–Trinajstić information content (AvgIpc) is 2.87. The maximum atomic E-state index is 12.1. The molecule has 2 heterocycles. The van der Waals surface area contributed by atoms with Gasteiger partial charge in [0.25, 0.3) is 0 Å². The van der Waals surface area contributed by atoms with Crippen LogP contribution in [-0.4, -0.2) is 25.7 Å². The number of nitrogens with one attached hydrogen (secondary N) is 1. The fraction of sp³-hybridized carbons (Fsp3) is 0.455. The van der Waals surface area contributed by atoms with E-state index >= 15 is 0 Å². The van der Waals surface area contributed by atoms with E-state index in [2.05, 4.69) is 15.5 Å². The van der Waals surface area contributed by atoms with Gasteiger partial charge in [-0.1, -0.05) is 0 Å². The third-order valence-corrected chi connectivity index (χ3v) is 2.57. The van der Waals surface area contributed by atoms with E-state index in [1.807, 2.05) is 13.1 Å². The standard InChI is InChI=1S/C11H14F3N5.ClH/c1-18-10(2-4-16-18)7-15-6-9-3-5-19(17-9)8-11(12,13)14;/h2-5,15H,6-8H2,1H3;1H. The van der Waals surface area contributed by atoms with Crippen LogP contribution in [0.25, 0.3) is 0 Å². The fourth-order valence-corrected chi connectivity index (χ4v) is 1.66. The molecule has 9 heteroatoms. The van der Waals surface area contributed by atoms with Crippen molar-refractivity contribution < 1.29 is 13.2 Å². The van der Waals surface area contributed by atoms with E-state index < -0.39 is 12.7 Å². The molecule has 20 heavy (non-hydrogen) atoms. The third-order valence-electron chi connectivity index (χ3n) is 2.57. The Morgan fingerprint density at radius 1 is 1.25 bits per heavy atom. The molecule has 0 unspecified atom stereocenters. The minimum atomic E-state index is -4.24. The fourth-order valence-electron chi connectivity index (χ4n) is 1.66. The molecule has 1 N–H and O–H groups in total. The quantitative estimate of drug-likeness (QED) is 0.917. The maximum Gasteiger partial charge on any atom is 0.408 e. The summed E-state index contributed by atoms with van der Waals surface area (Å²) >= 11 is 0. The molecular weight excluding hydrogens is 295 g/mol. The van der Waals surface area contributed by atoms with Gasteiger partial charge in [0, 0.05) is 32.5 Å². The molecule has 0 aliphatic rings. The highest BCUT2D eigenvalue weighted by Crippen LogP contribution is 2.16. The zero-order chi connectivity index (χ0) is 13.9. The summed E-state index contributed by atoms with van der Waals surface area (Å²) in [5.74, 6) is 0. The van der Waals surface area contributed by atoms with Gasteiger partial charge in [0.1, 0.15) is 6.54 Å². The Balaban J connectivity index is 0.00000200. The predicted octanol–water partition coefficient (Wildman–Crippen LogP) is 1.89. The molecule has 2 aromatic heterocycles. The molecule has 0 spiro atoms. The van der Waals surface area contributed by atoms with Crippen LogP contribution in [0.5, 0.6) is 0 Å². The summed E-state index contributed by atoms with van der Waals surface area (Å²) in [7, 11) is 1.83. The Labute approximate surface area is 120 Å². The summed E-state index contributed by atoms with van der Waals surface area (Å²) in [6.45, 7) is -0.0621. The molecule has 0 aliphatic carbocycles. The van der Waals surface area contributed by atoms with Gasteiger partial charge in [0.15, 0.2) is 0 Å². The van der Waals surface area contributed by atoms with Crippen molar-refractivity contribution in [3.05, 3.63) is 35.9 Å². The van der Waals surface area contributed by atoms with E-state index in [9.17, 15) is 13.2 Å². The van der Waals surface area contributed by atoms with Gasteiger partial charge >= 0.3 is 6.18 Å². The van der Waals surface area contributed by atoms with Gasteiger partial charge in [-0.3, -0.25) is 9.36 Å². The Kier molecular flexibility index (Phi) is 5.58. The second-order valence-corrected chi connectivity index (χ2v) is 4.17. The Morgan fingerprint density at radius 2 is 2.00 bits per heavy atom. The molecule has 2 aromatic rings. The number of rotatable bonds is 5. The van der Waals surface area contributed by atoms with E-state index in [-0.39, 0.29) is 12.4 Å². The summed E-state index contributed by atoms with van der Waals surface area (Å²) in [6.07, 6.45) is -1.23. The summed E-state index contributed by atoms with van der Waals surface area (Å²) in [5.41, 5.74) is 1.57. The maximum absolute atomic E-state index is 12.1. The molecule has 0 aromatic carbocycles. The molecule has 0 radical (unpaired) electrons. The Morgan fingerprint density at radius 3 is 2.60 bits per heavy atom. The highest BCUT2D eigenvalue weighted by Gasteiger charge is 2.28. The smallest absolute Gasteiger partial charge is 0.305 e. The molecule has 2 rings (SSSR count). The lowest BCUT2D eigenvalue weighted by molar-refractivity contribution is -0.142. The predicted molar refractivity (Wildman–Crippen MR) is 69.3 cm³/mol. The van der Waals surface area contributed by atoms with Crippen molar-refractivity contribution in [3.63, 3.8) is 0 Å². The van der Waals surface area contributed by atoms with Crippen LogP contribution >= 0.6 is 12.4 Å². The molecule has 5 nitrogen and oxygen atoms in total. The lowest BCUT2D eigenvalue weighted by Gasteiger charge is -2.06. The van der Waals surface area contributed by atoms with E-state index in [0.717, 1.165) is 10.4 Å². The first-order chi connectivity index (χ1) is 8.94. The topological polar surface area (TPSA) is 47.7 Å². The van der Waals surface area contributed by atoms with Crippen molar-refractivity contribution in [1.82, 2.24) is 24.9 Å². The molecule has 0 atom stereocenters. The van der Waals surface area contributed by atoms with Crippen molar-refractivity contribution in [2.45, 2.75) is 25.8 Å². The second kappa shape index (κ2) is 6.76. The van der Waals surface area contributed by atoms with Gasteiger partial charge in [-0.05, 0) is 12.1 Å². The minimum Gasteiger partial charge on any atom is -0.305 e. The summed E-state index contributed by atoms with van der Waals surface area (Å²) in [4.78, 5) is 0. The first-order valence-electron chi connectivity index (χ1n) is 5.71. The zero-order valence-electron chi connectivity index (χ0n) is 10.8. The lowest BCUT2D eigenvalue weighted by atomic mass is 10.4. The molecule has 0 saturated carbocycles. The highest BCUT2D eigenvalue weighted by atomic mass is 35.5. The van der Waals surface area contributed by atoms with Gasteiger partial charge in [-0.25, -0.2) is 0 Å². The summed E-state index contributed by atoms with van der Waals surface area (Å²) in [6, 6.07) is 3.44. The van der Waals surface area contributed by atoms with Crippen LogP contribution in [0.1, 0.15) is 11.4 Å². The largest absolute Gasteiger partial charge is 0.408 e. The minimum absolute atomic E-state index is 0. The first kappa shape index (κ1) is 16.5. The van der Waals surface area contributed by atoms with Gasteiger partial charge in [0.05, 0.1) is 11.4 Å². The SMILES string of the molecule is Cl.Cn1nccc1CNCc1ccn(CC(F)(F)F)n1. The van der Waals surface area contributed by atoms with Crippen LogP contribution in [0.2, 0.25) is 0 Å². The monoisotopic (exact) mass is 309 g/mol. The van der Waals surface area contributed by atoms with Gasteiger partial charge in [-0.15, -0.1) is 12.4 Å². The van der Waals surface area contributed by atoms with E-state index in [1.54, 1.807) is 16.9 Å². The van der Waals surface area contributed by atoms with Crippen LogP contribution in [0, 0.1) is 0 Å². The number of nitrogens with zero attached hydrogens (tertiary/aromatic N) is 4. The molecule has 0 aliphatic heterocycles. The second-order valence-electron chi connectivity index (χ2n) is 4.17. The van der Waals surface area contributed by atoms with Crippen molar-refractivity contribution in [2.24, 2.45) is 7.05 Å². The van der Waals surface area contributed by atoms with E-state index in [4.69, 9.17) is 0 Å². The number of aryl methyl sites for hydroxylation is 1. The van der Waals surface area contributed by atoms with Crippen molar-refractivity contribution >= 4 is 12.4 Å². The number of hydrogen-bond donors (Lipinski definition) is 1. The van der Waals surface area contributed by atoms with Crippen molar-refractivity contribution in [1.29, 1.82) is 0 Å². The molecular formula is C11H15ClF3N5. The van der Waals surface area contributed by atoms with Crippen LogP contribution < -0.4 is 5.32 Å². The highest BCUT2D eigenvalue weighted by molar-refractivity contribution is 5.85. The lowest BCUT2D eigenvalue weighted by Crippen LogP contribution is -2.19. The van der Waals surface area contributed by atoms with E-state index in [0.29, 0.717) is 18.8 Å². The Bertz CT molecular complexity index is 534. The molecule has 0 amide bonds. The van der Waals surface area contributed by atoms with Crippen LogP contribution in [0.4, 0.5) is 13.2 Å². The zero-order valence-corrected chi connectivity index (χ0v) is 11.6. The van der Waals surface area contributed by atoms with Gasteiger partial charge < -0.3 is 5.32 Å². The van der Waals surface area contributed by atoms with Crippen LogP contribution in [0.15, 0.2) is 24.5 Å². The average molecular weight is 310 g/mol. The number of alkyl halides is 3. The number of hydrogen-bond acceptors (Lipinski definition) is 3. The molecule has 0 fully saturated rings. The summed E-state index contributed by atoms with van der Waals surface area (Å²) < 4.78 is 39.1. The Hall–Kier alpha value is -1.54. The molecule has 0 saturated heterocycles. The van der Waals surface area contributed by atoms with E-state index in [1.165, 1.54) is 6.20 Å². The van der Waals surface area contributed by atoms with Crippen LogP contribution in [0.3, 0.4) is 0 Å². The van der Waals surface area contributed by atoms with Gasteiger partial charge in [-0.2, -0.15) is 23.4 Å². The normalized spacial score (nSPS) is 11.4. The number of aromatic nitrogens is 4.